The molecule has 0 aliphatic rings. The maximum atomic E-state index is 13.7. The van der Waals surface area contributed by atoms with Crippen molar-refractivity contribution in [3.05, 3.63) is 53.6 Å². The van der Waals surface area contributed by atoms with Gasteiger partial charge in [0.15, 0.2) is 11.6 Å². The molecular formula is C14H13F2NO2. The van der Waals surface area contributed by atoms with Crippen LogP contribution in [0.1, 0.15) is 5.56 Å². The number of ether oxygens (including phenoxy) is 2. The number of hydrogen-bond acceptors (Lipinski definition) is 3. The van der Waals surface area contributed by atoms with E-state index >= 15 is 0 Å². The summed E-state index contributed by atoms with van der Waals surface area (Å²) in [6, 6.07) is 8.59. The van der Waals surface area contributed by atoms with Crippen LogP contribution in [0.5, 0.6) is 11.5 Å². The second-order valence-electron chi connectivity index (χ2n) is 3.90. The fourth-order valence-corrected chi connectivity index (χ4v) is 1.60. The number of para-hydroxylation sites is 1. The van der Waals surface area contributed by atoms with Crippen LogP contribution in [0, 0.1) is 11.6 Å². The van der Waals surface area contributed by atoms with Gasteiger partial charge in [0, 0.05) is 11.6 Å². The molecule has 2 aromatic carbocycles. The molecule has 3 nitrogen and oxygen atoms in total. The van der Waals surface area contributed by atoms with Crippen molar-refractivity contribution >= 4 is 5.69 Å². The van der Waals surface area contributed by atoms with Crippen molar-refractivity contribution in [1.29, 1.82) is 0 Å². The summed E-state index contributed by atoms with van der Waals surface area (Å²) in [5, 5.41) is 0. The Morgan fingerprint density at radius 2 is 1.89 bits per heavy atom. The first-order valence-corrected chi connectivity index (χ1v) is 5.61. The zero-order valence-electron chi connectivity index (χ0n) is 10.3. The van der Waals surface area contributed by atoms with Gasteiger partial charge < -0.3 is 15.2 Å². The Balaban J connectivity index is 2.15. The Morgan fingerprint density at radius 3 is 2.53 bits per heavy atom. The van der Waals surface area contributed by atoms with E-state index in [1.54, 1.807) is 6.07 Å². The van der Waals surface area contributed by atoms with E-state index in [1.807, 2.05) is 0 Å². The van der Waals surface area contributed by atoms with Crippen LogP contribution in [0.15, 0.2) is 36.4 Å². The minimum atomic E-state index is -0.575. The predicted octanol–water partition coefficient (Wildman–Crippen LogP) is 3.13. The molecule has 2 N–H and O–H groups in total. The van der Waals surface area contributed by atoms with E-state index in [9.17, 15) is 8.78 Å². The van der Waals surface area contributed by atoms with E-state index in [0.717, 1.165) is 0 Å². The summed E-state index contributed by atoms with van der Waals surface area (Å²) in [6.07, 6.45) is 0. The Kier molecular flexibility index (Phi) is 3.85. The van der Waals surface area contributed by atoms with Gasteiger partial charge in [-0.15, -0.1) is 0 Å². The molecule has 5 heteroatoms. The van der Waals surface area contributed by atoms with Gasteiger partial charge in [-0.1, -0.05) is 6.07 Å². The van der Waals surface area contributed by atoms with E-state index in [0.29, 0.717) is 11.3 Å². The number of rotatable bonds is 4. The van der Waals surface area contributed by atoms with Crippen LogP contribution in [0.3, 0.4) is 0 Å². The third kappa shape index (κ3) is 2.93. The molecule has 0 atom stereocenters. The first-order valence-electron chi connectivity index (χ1n) is 5.61. The predicted molar refractivity (Wildman–Crippen MR) is 68.1 cm³/mol. The fourth-order valence-electron chi connectivity index (χ4n) is 1.60. The van der Waals surface area contributed by atoms with Gasteiger partial charge in [0.1, 0.15) is 18.2 Å². The lowest BCUT2D eigenvalue weighted by molar-refractivity contribution is 0.286. The number of hydrogen-bond donors (Lipinski definition) is 1. The number of nitrogen functional groups attached to an aromatic ring is 1. The first-order chi connectivity index (χ1) is 9.11. The maximum absolute atomic E-state index is 13.7. The van der Waals surface area contributed by atoms with E-state index in [4.69, 9.17) is 15.2 Å². The second kappa shape index (κ2) is 5.56. The van der Waals surface area contributed by atoms with Crippen molar-refractivity contribution in [2.75, 3.05) is 12.8 Å². The smallest absolute Gasteiger partial charge is 0.178 e. The number of methoxy groups -OCH3 is 1. The van der Waals surface area contributed by atoms with Crippen LogP contribution in [0.2, 0.25) is 0 Å². The average Bonchev–Trinajstić information content (AvgIpc) is 2.39. The second-order valence-corrected chi connectivity index (χ2v) is 3.90. The highest BCUT2D eigenvalue weighted by atomic mass is 19.1. The highest BCUT2D eigenvalue weighted by Gasteiger charge is 2.10. The van der Waals surface area contributed by atoms with Gasteiger partial charge in [0.2, 0.25) is 0 Å². The van der Waals surface area contributed by atoms with Gasteiger partial charge in [-0.3, -0.25) is 0 Å². The lowest BCUT2D eigenvalue weighted by atomic mass is 10.2. The highest BCUT2D eigenvalue weighted by Crippen LogP contribution is 2.26. The summed E-state index contributed by atoms with van der Waals surface area (Å²) < 4.78 is 37.2. The molecule has 100 valence electrons. The molecule has 19 heavy (non-hydrogen) atoms. The van der Waals surface area contributed by atoms with Gasteiger partial charge >= 0.3 is 0 Å². The number of benzene rings is 2. The molecule has 0 saturated carbocycles. The molecule has 0 heterocycles. The summed E-state index contributed by atoms with van der Waals surface area (Å²) in [5.74, 6) is -0.715. The number of nitrogens with two attached hydrogens (primary N) is 1. The monoisotopic (exact) mass is 265 g/mol. The van der Waals surface area contributed by atoms with Gasteiger partial charge in [-0.25, -0.2) is 8.78 Å². The topological polar surface area (TPSA) is 44.5 Å². The summed E-state index contributed by atoms with van der Waals surface area (Å²) >= 11 is 0. The van der Waals surface area contributed by atoms with Crippen LogP contribution in [-0.2, 0) is 6.61 Å². The molecule has 2 rings (SSSR count). The molecule has 0 aromatic heterocycles. The largest absolute Gasteiger partial charge is 0.497 e. The molecule has 0 fully saturated rings. The summed E-state index contributed by atoms with van der Waals surface area (Å²) in [4.78, 5) is 0. The van der Waals surface area contributed by atoms with Gasteiger partial charge in [0.05, 0.1) is 12.8 Å². The third-order valence-electron chi connectivity index (χ3n) is 2.63. The van der Waals surface area contributed by atoms with Crippen LogP contribution < -0.4 is 15.2 Å². The van der Waals surface area contributed by atoms with E-state index in [1.165, 1.54) is 37.4 Å². The van der Waals surface area contributed by atoms with Crippen LogP contribution in [-0.4, -0.2) is 7.11 Å². The average molecular weight is 265 g/mol. The minimum Gasteiger partial charge on any atom is -0.497 e. The number of anilines is 1. The van der Waals surface area contributed by atoms with Gasteiger partial charge in [-0.05, 0) is 24.3 Å². The third-order valence-corrected chi connectivity index (χ3v) is 2.63. The fraction of sp³-hybridized carbons (Fsp3) is 0.143. The van der Waals surface area contributed by atoms with Crippen LogP contribution in [0.4, 0.5) is 14.5 Å². The lowest BCUT2D eigenvalue weighted by Gasteiger charge is -2.10. The zero-order valence-corrected chi connectivity index (χ0v) is 10.3. The van der Waals surface area contributed by atoms with E-state index < -0.39 is 11.6 Å². The van der Waals surface area contributed by atoms with Crippen molar-refractivity contribution < 1.29 is 18.3 Å². The molecular weight excluding hydrogens is 252 g/mol. The van der Waals surface area contributed by atoms with Crippen molar-refractivity contribution in [2.24, 2.45) is 0 Å². The summed E-state index contributed by atoms with van der Waals surface area (Å²) in [6.45, 7) is -0.110. The molecule has 0 aliphatic heterocycles. The molecule has 0 radical (unpaired) electrons. The highest BCUT2D eigenvalue weighted by molar-refractivity contribution is 5.52. The minimum absolute atomic E-state index is 0.0716. The van der Waals surface area contributed by atoms with Crippen LogP contribution >= 0.6 is 0 Å². The molecule has 0 aliphatic carbocycles. The quantitative estimate of drug-likeness (QED) is 0.864. The standard InChI is InChI=1S/C14H13F2NO2/c1-18-10-6-5-9(12(16)7-10)8-19-14-11(15)3-2-4-13(14)17/h2-7H,8,17H2,1H3. The lowest BCUT2D eigenvalue weighted by Crippen LogP contribution is -2.03. The van der Waals surface area contributed by atoms with Crippen molar-refractivity contribution in [3.8, 4) is 11.5 Å². The normalized spacial score (nSPS) is 10.3. The van der Waals surface area contributed by atoms with Crippen molar-refractivity contribution in [2.45, 2.75) is 6.61 Å². The number of halogens is 2. The van der Waals surface area contributed by atoms with Gasteiger partial charge in [-0.2, -0.15) is 0 Å². The van der Waals surface area contributed by atoms with Gasteiger partial charge in [0.25, 0.3) is 0 Å². The molecule has 0 unspecified atom stereocenters. The van der Waals surface area contributed by atoms with E-state index in [-0.39, 0.29) is 18.0 Å². The Labute approximate surface area is 109 Å². The van der Waals surface area contributed by atoms with Crippen LogP contribution in [0.25, 0.3) is 0 Å². The summed E-state index contributed by atoms with van der Waals surface area (Å²) in [5.41, 5.74) is 6.06. The zero-order chi connectivity index (χ0) is 13.8. The summed E-state index contributed by atoms with van der Waals surface area (Å²) in [7, 11) is 1.45. The van der Waals surface area contributed by atoms with Crippen molar-refractivity contribution in [1.82, 2.24) is 0 Å². The SMILES string of the molecule is COc1ccc(COc2c(N)cccc2F)c(F)c1. The molecule has 2 aromatic rings. The molecule has 0 spiro atoms. The Bertz CT molecular complexity index is 567. The van der Waals surface area contributed by atoms with Crippen molar-refractivity contribution in [3.63, 3.8) is 0 Å². The molecule has 0 amide bonds. The molecule has 0 saturated heterocycles. The van der Waals surface area contributed by atoms with E-state index in [2.05, 4.69) is 0 Å². The first kappa shape index (κ1) is 13.1. The Morgan fingerprint density at radius 1 is 1.11 bits per heavy atom. The Hall–Kier alpha value is -2.30. The molecule has 0 bridgehead atoms. The maximum Gasteiger partial charge on any atom is 0.178 e.